The van der Waals surface area contributed by atoms with Gasteiger partial charge in [0.2, 0.25) is 0 Å². The molecule has 0 fully saturated rings. The van der Waals surface area contributed by atoms with Crippen LogP contribution in [-0.2, 0) is 0 Å². The number of hydrogen-bond acceptors (Lipinski definition) is 6. The van der Waals surface area contributed by atoms with Gasteiger partial charge in [-0.25, -0.2) is 0 Å². The third kappa shape index (κ3) is 8.10. The van der Waals surface area contributed by atoms with Gasteiger partial charge in [0.1, 0.15) is 0 Å². The Hall–Kier alpha value is 2.10. The van der Waals surface area contributed by atoms with Gasteiger partial charge in [0.15, 0.2) is 0 Å². The van der Waals surface area contributed by atoms with Crippen LogP contribution in [0.15, 0.2) is 0 Å². The molecule has 0 bridgehead atoms. The minimum absolute atomic E-state index is 1.79. The Morgan fingerprint density at radius 1 is 0.625 bits per heavy atom. The Labute approximate surface area is 72.8 Å². The van der Waals surface area contributed by atoms with E-state index in [2.05, 4.69) is 12.5 Å². The first-order valence-electron chi connectivity index (χ1n) is 1.65. The Kier molecular flexibility index (Phi) is 11.5. The fourth-order valence-electron chi connectivity index (χ4n) is 0.0782. The third-order valence-corrected chi connectivity index (χ3v) is 10.4. The van der Waals surface area contributed by atoms with Crippen molar-refractivity contribution in [2.75, 3.05) is 12.5 Å². The zero-order valence-electron chi connectivity index (χ0n) is 4.45. The molecule has 0 aliphatic heterocycles. The first-order valence-corrected chi connectivity index (χ1v) is 9.95. The second kappa shape index (κ2) is 9.10. The molecule has 0 aliphatic rings. The lowest BCUT2D eigenvalue weighted by Crippen LogP contribution is -1.32. The van der Waals surface area contributed by atoms with Gasteiger partial charge in [-0.1, -0.05) is 21.6 Å². The van der Waals surface area contributed by atoms with Crippen LogP contribution in [0.4, 0.5) is 0 Å². The molecule has 0 saturated carbocycles. The van der Waals surface area contributed by atoms with Crippen molar-refractivity contribution in [3.05, 3.63) is 0 Å². The first kappa shape index (κ1) is 10.1. The molecule has 0 N–H and O–H groups in total. The van der Waals surface area contributed by atoms with Crippen molar-refractivity contribution in [2.24, 2.45) is 0 Å². The second-order valence-electron chi connectivity index (χ2n) is 0.605. The summed E-state index contributed by atoms with van der Waals surface area (Å²) >= 11 is 0. The van der Waals surface area contributed by atoms with Gasteiger partial charge < -0.3 is 0 Å². The van der Waals surface area contributed by atoms with Crippen LogP contribution in [-0.4, -0.2) is 12.5 Å². The van der Waals surface area contributed by atoms with Crippen molar-refractivity contribution < 1.29 is 0 Å². The van der Waals surface area contributed by atoms with E-state index in [1.54, 1.807) is 21.6 Å². The van der Waals surface area contributed by atoms with Crippen molar-refractivity contribution in [3.8, 4) is 0 Å². The molecule has 0 aromatic rings. The standard InChI is InChI=1S/C2H6S6/c1-3-5-7-8-6-4-2/h1-2H3. The highest BCUT2D eigenvalue weighted by Crippen LogP contribution is 2.50. The highest BCUT2D eigenvalue weighted by molar-refractivity contribution is 9.41. The molecule has 0 radical (unpaired) electrons. The molecule has 0 unspecified atom stereocenters. The van der Waals surface area contributed by atoms with Gasteiger partial charge in [-0.2, -0.15) is 0 Å². The maximum absolute atomic E-state index is 2.09. The van der Waals surface area contributed by atoms with Gasteiger partial charge in [0.05, 0.1) is 0 Å². The van der Waals surface area contributed by atoms with Crippen LogP contribution in [0.5, 0.6) is 0 Å². The van der Waals surface area contributed by atoms with Crippen molar-refractivity contribution in [1.29, 1.82) is 0 Å². The molecule has 0 rings (SSSR count). The Morgan fingerprint density at radius 3 is 1.25 bits per heavy atom. The van der Waals surface area contributed by atoms with Crippen molar-refractivity contribution in [1.82, 2.24) is 0 Å². The summed E-state index contributed by atoms with van der Waals surface area (Å²) in [5, 5.41) is 0. The molecule has 50 valence electrons. The fraction of sp³-hybridized carbons (Fsp3) is 1.00. The van der Waals surface area contributed by atoms with Crippen LogP contribution in [0, 0.1) is 0 Å². The van der Waals surface area contributed by atoms with E-state index < -0.39 is 0 Å². The number of rotatable bonds is 5. The quantitative estimate of drug-likeness (QED) is 0.501. The van der Waals surface area contributed by atoms with Crippen molar-refractivity contribution >= 4 is 60.9 Å². The topological polar surface area (TPSA) is 0 Å². The van der Waals surface area contributed by atoms with E-state index in [0.29, 0.717) is 0 Å². The van der Waals surface area contributed by atoms with Crippen LogP contribution >= 0.6 is 60.9 Å². The molecule has 0 aromatic heterocycles. The van der Waals surface area contributed by atoms with Gasteiger partial charge >= 0.3 is 0 Å². The molecule has 0 atom stereocenters. The summed E-state index contributed by atoms with van der Waals surface area (Å²) in [6.45, 7) is 0. The molecule has 0 amide bonds. The molecule has 0 spiro atoms. The summed E-state index contributed by atoms with van der Waals surface area (Å²) in [5.41, 5.74) is 0. The largest absolute Gasteiger partial charge is 0.0851 e. The van der Waals surface area contributed by atoms with Crippen LogP contribution < -0.4 is 0 Å². The minimum Gasteiger partial charge on any atom is -0.0851 e. The van der Waals surface area contributed by atoms with Gasteiger partial charge in [-0.3, -0.25) is 0 Å². The highest BCUT2D eigenvalue weighted by Gasteiger charge is 1.86. The van der Waals surface area contributed by atoms with E-state index in [1.165, 1.54) is 0 Å². The molecular weight excluding hydrogens is 216 g/mol. The van der Waals surface area contributed by atoms with Crippen LogP contribution in [0.3, 0.4) is 0 Å². The average molecular weight is 222 g/mol. The van der Waals surface area contributed by atoms with E-state index in [9.17, 15) is 0 Å². The van der Waals surface area contributed by atoms with Crippen molar-refractivity contribution in [2.45, 2.75) is 0 Å². The lowest BCUT2D eigenvalue weighted by molar-refractivity contribution is 2.55. The predicted molar refractivity (Wildman–Crippen MR) is 57.4 cm³/mol. The lowest BCUT2D eigenvalue weighted by Gasteiger charge is -1.90. The summed E-state index contributed by atoms with van der Waals surface area (Å²) in [6, 6.07) is 0. The smallest absolute Gasteiger partial charge is 0.000898 e. The highest BCUT2D eigenvalue weighted by atomic mass is 33.9. The predicted octanol–water partition coefficient (Wildman–Crippen LogP) is 4.22. The molecule has 0 nitrogen and oxygen atoms in total. The third-order valence-electron chi connectivity index (χ3n) is 0.219. The van der Waals surface area contributed by atoms with Gasteiger partial charge in [0, 0.05) is 0 Å². The summed E-state index contributed by atoms with van der Waals surface area (Å²) in [4.78, 5) is 0. The summed E-state index contributed by atoms with van der Waals surface area (Å²) < 4.78 is 0. The molecule has 0 aliphatic carbocycles. The molecule has 0 saturated heterocycles. The van der Waals surface area contributed by atoms with Crippen LogP contribution in [0.2, 0.25) is 0 Å². The monoisotopic (exact) mass is 222 g/mol. The zero-order valence-corrected chi connectivity index (χ0v) is 9.35. The van der Waals surface area contributed by atoms with Gasteiger partial charge in [0.25, 0.3) is 0 Å². The molecule has 8 heavy (non-hydrogen) atoms. The molecular formula is C2H6S6. The molecule has 0 heterocycles. The van der Waals surface area contributed by atoms with E-state index in [4.69, 9.17) is 0 Å². The SMILES string of the molecule is CSSSSSSC. The van der Waals surface area contributed by atoms with Crippen LogP contribution in [0.1, 0.15) is 0 Å². The summed E-state index contributed by atoms with van der Waals surface area (Å²) in [6.07, 6.45) is 4.17. The second-order valence-corrected chi connectivity index (χ2v) is 10.3. The molecule has 6 heteroatoms. The maximum Gasteiger partial charge on any atom is -0.000898 e. The lowest BCUT2D eigenvalue weighted by atomic mass is 12.0. The van der Waals surface area contributed by atoms with E-state index in [-0.39, 0.29) is 0 Å². The average Bonchev–Trinajstić information content (AvgIpc) is 1.81. The Bertz CT molecular complexity index is 31.5. The van der Waals surface area contributed by atoms with E-state index >= 15 is 0 Å². The minimum atomic E-state index is 1.79. The Balaban J connectivity index is 2.53. The van der Waals surface area contributed by atoms with Gasteiger partial charge in [-0.15, -0.1) is 0 Å². The summed E-state index contributed by atoms with van der Waals surface area (Å²) in [5.74, 6) is 0. The Morgan fingerprint density at radius 2 is 1.00 bits per heavy atom. The van der Waals surface area contributed by atoms with E-state index in [0.717, 1.165) is 0 Å². The zero-order chi connectivity index (χ0) is 6.24. The summed E-state index contributed by atoms with van der Waals surface area (Å²) in [7, 11) is 10.8. The number of hydrogen-bond donors (Lipinski definition) is 0. The van der Waals surface area contributed by atoms with Gasteiger partial charge in [-0.05, 0) is 51.8 Å². The maximum atomic E-state index is 2.09. The molecule has 0 aromatic carbocycles. The van der Waals surface area contributed by atoms with E-state index in [1.807, 2.05) is 39.3 Å². The van der Waals surface area contributed by atoms with Crippen LogP contribution in [0.25, 0.3) is 0 Å². The first-order chi connectivity index (χ1) is 3.91. The van der Waals surface area contributed by atoms with Crippen molar-refractivity contribution in [3.63, 3.8) is 0 Å². The fourth-order valence-corrected chi connectivity index (χ4v) is 10.0. The normalized spacial score (nSPS) is 9.75.